The van der Waals surface area contributed by atoms with E-state index in [1.54, 1.807) is 0 Å². The molecule has 0 N–H and O–H groups in total. The van der Waals surface area contributed by atoms with E-state index >= 15 is 0 Å². The van der Waals surface area contributed by atoms with Crippen molar-refractivity contribution in [1.82, 2.24) is 0 Å². The van der Waals surface area contributed by atoms with Gasteiger partial charge in [-0.25, -0.2) is 0 Å². The third-order valence-electron chi connectivity index (χ3n) is 0. The number of rotatable bonds is 0. The second-order valence-electron chi connectivity index (χ2n) is 0.0962. The predicted octanol–water partition coefficient (Wildman–Crippen LogP) is -4.84. The van der Waals surface area contributed by atoms with E-state index in [9.17, 15) is 0 Å². The van der Waals surface area contributed by atoms with Crippen molar-refractivity contribution >= 4 is 53.2 Å². The predicted molar refractivity (Wildman–Crippen MR) is 14.4 cm³/mol. The van der Waals surface area contributed by atoms with Crippen LogP contribution in [0.3, 0.4) is 0 Å². The molecule has 0 aromatic heterocycles. The fourth-order valence-corrected chi connectivity index (χ4v) is 0. The van der Waals surface area contributed by atoms with Gasteiger partial charge in [-0.1, -0.05) is 0 Å². The molecular weight excluding hydrogens is 122 g/mol. The Kier molecular flexibility index (Phi) is 50.6. The zero-order valence-electron chi connectivity index (χ0n) is 5.10. The topological polar surface area (TPSA) is 40.1 Å². The van der Waals surface area contributed by atoms with Crippen LogP contribution in [0.5, 0.6) is 0 Å². The summed E-state index contributed by atoms with van der Waals surface area (Å²) in [6.45, 7) is 0. The number of hydrogen-bond acceptors (Lipinski definition) is 2. The third-order valence-corrected chi connectivity index (χ3v) is 0. The van der Waals surface area contributed by atoms with Gasteiger partial charge in [0, 0.05) is 0 Å². The Morgan fingerprint density at radius 3 is 1.80 bits per heavy atom. The fraction of sp³-hybridized carbons (Fsp3) is 0. The van der Waals surface area contributed by atoms with E-state index in [0.717, 1.165) is 0 Å². The van der Waals surface area contributed by atoms with Gasteiger partial charge in [0.25, 0.3) is 0 Å². The zero-order chi connectivity index (χ0) is 2.71. The molecule has 0 aliphatic carbocycles. The molecule has 0 amide bonds. The standard InChI is InChI=1S/Al.Ca.Na.2O.2H/q;+2;+1;;3*-1. The Hall–Kier alpha value is 2.39. The van der Waals surface area contributed by atoms with Gasteiger partial charge >= 0.3 is 90.7 Å². The van der Waals surface area contributed by atoms with E-state index in [-0.39, 0.29) is 70.1 Å². The molecular formula is H2AlCaNaO2. The van der Waals surface area contributed by atoms with Crippen LogP contribution in [-0.4, -0.2) is 53.2 Å². The Morgan fingerprint density at radius 2 is 1.80 bits per heavy atom. The SMILES string of the molecule is [Ca+2].[H-].[H-].[Na+].[O]=[Al][O-]. The summed E-state index contributed by atoms with van der Waals surface area (Å²) in [6.07, 6.45) is 0. The molecule has 20 valence electrons. The van der Waals surface area contributed by atoms with Gasteiger partial charge in [-0.15, -0.1) is 0 Å². The summed E-state index contributed by atoms with van der Waals surface area (Å²) in [5.74, 6) is 0. The minimum absolute atomic E-state index is 0. The van der Waals surface area contributed by atoms with Gasteiger partial charge in [0.2, 0.25) is 0 Å². The van der Waals surface area contributed by atoms with Crippen molar-refractivity contribution in [2.24, 2.45) is 0 Å². The second-order valence-corrected chi connectivity index (χ2v) is 0.289. The summed E-state index contributed by atoms with van der Waals surface area (Å²) in [6, 6.07) is 0. The number of hydrogen-bond donors (Lipinski definition) is 0. The van der Waals surface area contributed by atoms with E-state index in [0.29, 0.717) is 0 Å². The summed E-state index contributed by atoms with van der Waals surface area (Å²) >= 11 is -1.75. The van der Waals surface area contributed by atoms with Crippen LogP contribution in [0.4, 0.5) is 0 Å². The Bertz CT molecular complexity index is 23.2. The van der Waals surface area contributed by atoms with Crippen LogP contribution in [0.1, 0.15) is 2.85 Å². The quantitative estimate of drug-likeness (QED) is 0.304. The first kappa shape index (κ1) is 15.7. The van der Waals surface area contributed by atoms with E-state index < -0.39 is 15.5 Å². The van der Waals surface area contributed by atoms with Gasteiger partial charge < -0.3 is 2.85 Å². The first-order valence-corrected chi connectivity index (χ1v) is 1.41. The second kappa shape index (κ2) is 16.2. The first-order chi connectivity index (χ1) is 1.41. The van der Waals surface area contributed by atoms with Gasteiger partial charge in [0.05, 0.1) is 0 Å². The fourth-order valence-electron chi connectivity index (χ4n) is 0. The molecule has 0 aromatic carbocycles. The van der Waals surface area contributed by atoms with Crippen molar-refractivity contribution in [1.29, 1.82) is 0 Å². The molecule has 0 aliphatic heterocycles. The molecule has 0 saturated carbocycles. The normalized spacial score (nSPS) is 1.60. The van der Waals surface area contributed by atoms with Crippen LogP contribution in [-0.2, 0) is 3.80 Å². The average Bonchev–Trinajstić information content (AvgIpc) is 0.918. The molecule has 0 heterocycles. The van der Waals surface area contributed by atoms with Crippen LogP contribution >= 0.6 is 0 Å². The monoisotopic (exact) mass is 124 g/mol. The minimum atomic E-state index is -1.75. The zero-order valence-corrected chi connectivity index (χ0v) is 8.46. The molecule has 0 saturated heterocycles. The Balaban J connectivity index is -0.00000000333. The molecule has 0 fully saturated rings. The van der Waals surface area contributed by atoms with Gasteiger partial charge in [-0.2, -0.15) is 0 Å². The van der Waals surface area contributed by atoms with Crippen molar-refractivity contribution in [3.63, 3.8) is 0 Å². The van der Waals surface area contributed by atoms with Crippen molar-refractivity contribution in [3.8, 4) is 0 Å². The molecule has 0 bridgehead atoms. The molecule has 0 atom stereocenters. The van der Waals surface area contributed by atoms with Gasteiger partial charge in [0.15, 0.2) is 0 Å². The van der Waals surface area contributed by atoms with E-state index in [2.05, 4.69) is 0 Å². The van der Waals surface area contributed by atoms with Crippen LogP contribution in [0.2, 0.25) is 0 Å². The summed E-state index contributed by atoms with van der Waals surface area (Å²) in [5, 5.41) is 0. The molecule has 5 heavy (non-hydrogen) atoms. The van der Waals surface area contributed by atoms with Crippen LogP contribution in [0.25, 0.3) is 0 Å². The summed E-state index contributed by atoms with van der Waals surface area (Å²) in [5.41, 5.74) is 0. The summed E-state index contributed by atoms with van der Waals surface area (Å²) in [7, 11) is 0. The average molecular weight is 124 g/mol. The van der Waals surface area contributed by atoms with Crippen molar-refractivity contribution in [2.75, 3.05) is 0 Å². The van der Waals surface area contributed by atoms with Crippen molar-refractivity contribution < 1.29 is 40.4 Å². The maximum absolute atomic E-state index is 8.46. The van der Waals surface area contributed by atoms with E-state index in [1.165, 1.54) is 0 Å². The molecule has 0 unspecified atom stereocenters. The summed E-state index contributed by atoms with van der Waals surface area (Å²) in [4.78, 5) is 0. The summed E-state index contributed by atoms with van der Waals surface area (Å²) < 4.78 is 16.9. The molecule has 0 radical (unpaired) electrons. The van der Waals surface area contributed by atoms with Crippen LogP contribution < -0.4 is 33.7 Å². The molecule has 5 heteroatoms. The van der Waals surface area contributed by atoms with E-state index in [1.807, 2.05) is 0 Å². The van der Waals surface area contributed by atoms with Crippen molar-refractivity contribution in [3.05, 3.63) is 0 Å². The molecule has 2 nitrogen and oxygen atoms in total. The maximum atomic E-state index is 8.46. The third kappa shape index (κ3) is 21.5. The molecule has 0 aliphatic rings. The van der Waals surface area contributed by atoms with Gasteiger partial charge in [-0.3, -0.25) is 0 Å². The van der Waals surface area contributed by atoms with Crippen molar-refractivity contribution in [2.45, 2.75) is 0 Å². The van der Waals surface area contributed by atoms with E-state index in [4.69, 9.17) is 7.96 Å². The van der Waals surface area contributed by atoms with Gasteiger partial charge in [-0.05, 0) is 0 Å². The molecule has 0 aromatic rings. The van der Waals surface area contributed by atoms with Crippen LogP contribution in [0.15, 0.2) is 0 Å². The molecule has 0 rings (SSSR count). The Labute approximate surface area is 91.8 Å². The Morgan fingerprint density at radius 1 is 1.80 bits per heavy atom. The van der Waals surface area contributed by atoms with Crippen LogP contribution in [0, 0.1) is 0 Å². The van der Waals surface area contributed by atoms with Gasteiger partial charge in [0.1, 0.15) is 0 Å². The first-order valence-electron chi connectivity index (χ1n) is 0.471. The molecule has 0 spiro atoms.